The Morgan fingerprint density at radius 1 is 1.26 bits per heavy atom. The van der Waals surface area contributed by atoms with Crippen LogP contribution < -0.4 is 10.7 Å². The SMILES string of the molecule is CC(CC(=O)Nc1cc(Cl)ccc1Cl)=NNC(=O)c1ccco1. The van der Waals surface area contributed by atoms with Gasteiger partial charge in [0.1, 0.15) is 0 Å². The second-order valence-corrected chi connectivity index (χ2v) is 5.46. The lowest BCUT2D eigenvalue weighted by molar-refractivity contribution is -0.115. The molecule has 2 N–H and O–H groups in total. The van der Waals surface area contributed by atoms with Crippen molar-refractivity contribution < 1.29 is 14.0 Å². The van der Waals surface area contributed by atoms with Gasteiger partial charge in [0, 0.05) is 10.7 Å². The van der Waals surface area contributed by atoms with Gasteiger partial charge in [-0.2, -0.15) is 5.10 Å². The standard InChI is InChI=1S/C15H13Cl2N3O3/c1-9(19-20-15(22)13-3-2-6-23-13)7-14(21)18-12-8-10(16)4-5-11(12)17/h2-6,8H,7H2,1H3,(H,18,21)(H,20,22). The quantitative estimate of drug-likeness (QED) is 0.634. The van der Waals surface area contributed by atoms with Crippen molar-refractivity contribution in [2.24, 2.45) is 5.10 Å². The average Bonchev–Trinajstić information content (AvgIpc) is 3.03. The maximum absolute atomic E-state index is 11.9. The van der Waals surface area contributed by atoms with Crippen molar-refractivity contribution >= 4 is 46.4 Å². The van der Waals surface area contributed by atoms with Crippen LogP contribution >= 0.6 is 23.2 Å². The molecule has 0 fully saturated rings. The molecule has 0 unspecified atom stereocenters. The van der Waals surface area contributed by atoms with E-state index in [1.165, 1.54) is 12.3 Å². The molecule has 0 saturated carbocycles. The number of benzene rings is 1. The number of hydrogen-bond acceptors (Lipinski definition) is 4. The van der Waals surface area contributed by atoms with Gasteiger partial charge in [0.2, 0.25) is 5.91 Å². The molecule has 2 aromatic rings. The van der Waals surface area contributed by atoms with E-state index in [0.29, 0.717) is 21.4 Å². The largest absolute Gasteiger partial charge is 0.459 e. The fraction of sp³-hybridized carbons (Fsp3) is 0.133. The summed E-state index contributed by atoms with van der Waals surface area (Å²) in [5.74, 6) is -0.688. The Labute approximate surface area is 142 Å². The number of furan rings is 1. The summed E-state index contributed by atoms with van der Waals surface area (Å²) in [5, 5.41) is 7.31. The summed E-state index contributed by atoms with van der Waals surface area (Å²) in [6.45, 7) is 1.61. The fourth-order valence-electron chi connectivity index (χ4n) is 1.67. The van der Waals surface area contributed by atoms with Crippen LogP contribution in [0.1, 0.15) is 23.9 Å². The van der Waals surface area contributed by atoms with Crippen LogP contribution in [0.5, 0.6) is 0 Å². The van der Waals surface area contributed by atoms with E-state index in [0.717, 1.165) is 0 Å². The van der Waals surface area contributed by atoms with Gasteiger partial charge in [-0.1, -0.05) is 23.2 Å². The zero-order valence-corrected chi connectivity index (χ0v) is 13.6. The zero-order valence-electron chi connectivity index (χ0n) is 12.1. The van der Waals surface area contributed by atoms with Crippen LogP contribution in [0.15, 0.2) is 46.1 Å². The van der Waals surface area contributed by atoms with Crippen LogP contribution in [0.4, 0.5) is 5.69 Å². The first-order valence-electron chi connectivity index (χ1n) is 6.57. The van der Waals surface area contributed by atoms with Gasteiger partial charge in [0.25, 0.3) is 0 Å². The van der Waals surface area contributed by atoms with E-state index < -0.39 is 5.91 Å². The van der Waals surface area contributed by atoms with Crippen LogP contribution in [-0.4, -0.2) is 17.5 Å². The van der Waals surface area contributed by atoms with E-state index >= 15 is 0 Å². The van der Waals surface area contributed by atoms with Crippen molar-refractivity contribution in [3.05, 3.63) is 52.4 Å². The highest BCUT2D eigenvalue weighted by Gasteiger charge is 2.10. The highest BCUT2D eigenvalue weighted by Crippen LogP contribution is 2.25. The molecule has 0 spiro atoms. The molecule has 0 aliphatic rings. The molecule has 1 aromatic carbocycles. The maximum atomic E-state index is 11.9. The Bertz CT molecular complexity index is 742. The van der Waals surface area contributed by atoms with Crippen LogP contribution in [0, 0.1) is 0 Å². The molecular weight excluding hydrogens is 341 g/mol. The molecule has 2 rings (SSSR count). The third kappa shape index (κ3) is 5.12. The molecule has 2 amide bonds. The summed E-state index contributed by atoms with van der Waals surface area (Å²) in [6, 6.07) is 7.86. The number of anilines is 1. The number of carbonyl (C=O) groups excluding carboxylic acids is 2. The molecule has 0 radical (unpaired) electrons. The van der Waals surface area contributed by atoms with Gasteiger partial charge in [0.05, 0.1) is 23.4 Å². The third-order valence-corrected chi connectivity index (χ3v) is 3.28. The molecule has 23 heavy (non-hydrogen) atoms. The summed E-state index contributed by atoms with van der Waals surface area (Å²) in [6.07, 6.45) is 1.37. The maximum Gasteiger partial charge on any atom is 0.307 e. The van der Waals surface area contributed by atoms with Crippen molar-refractivity contribution in [2.75, 3.05) is 5.32 Å². The summed E-state index contributed by atoms with van der Waals surface area (Å²) >= 11 is 11.8. The van der Waals surface area contributed by atoms with Crippen LogP contribution in [-0.2, 0) is 4.79 Å². The summed E-state index contributed by atoms with van der Waals surface area (Å²) < 4.78 is 4.92. The number of rotatable bonds is 5. The third-order valence-electron chi connectivity index (χ3n) is 2.71. The van der Waals surface area contributed by atoms with E-state index in [1.54, 1.807) is 31.2 Å². The van der Waals surface area contributed by atoms with Crippen molar-refractivity contribution in [3.8, 4) is 0 Å². The number of nitrogens with one attached hydrogen (secondary N) is 2. The molecular formula is C15H13Cl2N3O3. The smallest absolute Gasteiger partial charge is 0.307 e. The zero-order chi connectivity index (χ0) is 16.8. The molecule has 0 atom stereocenters. The summed E-state index contributed by atoms with van der Waals surface area (Å²) in [5.41, 5.74) is 3.13. The second kappa shape index (κ2) is 7.80. The number of hydrogen-bond donors (Lipinski definition) is 2. The van der Waals surface area contributed by atoms with E-state index in [1.807, 2.05) is 0 Å². The van der Waals surface area contributed by atoms with Crippen molar-refractivity contribution in [3.63, 3.8) is 0 Å². The fourth-order valence-corrected chi connectivity index (χ4v) is 2.01. The van der Waals surface area contributed by atoms with E-state index in [-0.39, 0.29) is 18.1 Å². The Hall–Kier alpha value is -2.31. The molecule has 0 aliphatic heterocycles. The topological polar surface area (TPSA) is 83.7 Å². The van der Waals surface area contributed by atoms with Crippen LogP contribution in [0.25, 0.3) is 0 Å². The Balaban J connectivity index is 1.90. The minimum atomic E-state index is -0.493. The van der Waals surface area contributed by atoms with E-state index in [4.69, 9.17) is 27.6 Å². The van der Waals surface area contributed by atoms with Gasteiger partial charge >= 0.3 is 5.91 Å². The lowest BCUT2D eigenvalue weighted by Crippen LogP contribution is -2.21. The van der Waals surface area contributed by atoms with Crippen molar-refractivity contribution in [1.29, 1.82) is 0 Å². The van der Waals surface area contributed by atoms with Gasteiger partial charge in [0.15, 0.2) is 5.76 Å². The lowest BCUT2D eigenvalue weighted by Gasteiger charge is -2.07. The minimum absolute atomic E-state index is 0.0126. The highest BCUT2D eigenvalue weighted by atomic mass is 35.5. The van der Waals surface area contributed by atoms with Gasteiger partial charge in [-0.05, 0) is 37.3 Å². The monoisotopic (exact) mass is 353 g/mol. The van der Waals surface area contributed by atoms with Crippen molar-refractivity contribution in [2.45, 2.75) is 13.3 Å². The molecule has 0 aliphatic carbocycles. The first kappa shape index (κ1) is 17.1. The summed E-state index contributed by atoms with van der Waals surface area (Å²) in [4.78, 5) is 23.6. The van der Waals surface area contributed by atoms with Gasteiger partial charge in [-0.25, -0.2) is 5.43 Å². The molecule has 6 nitrogen and oxygen atoms in total. The number of amides is 2. The van der Waals surface area contributed by atoms with Crippen molar-refractivity contribution in [1.82, 2.24) is 5.43 Å². The second-order valence-electron chi connectivity index (χ2n) is 4.61. The molecule has 8 heteroatoms. The number of carbonyl (C=O) groups is 2. The minimum Gasteiger partial charge on any atom is -0.459 e. The Kier molecular flexibility index (Phi) is 5.78. The number of nitrogens with zero attached hydrogens (tertiary/aromatic N) is 1. The van der Waals surface area contributed by atoms with E-state index in [9.17, 15) is 9.59 Å². The summed E-state index contributed by atoms with van der Waals surface area (Å²) in [7, 11) is 0. The average molecular weight is 354 g/mol. The first-order valence-corrected chi connectivity index (χ1v) is 7.33. The molecule has 120 valence electrons. The number of hydrazone groups is 1. The van der Waals surface area contributed by atoms with E-state index in [2.05, 4.69) is 15.8 Å². The van der Waals surface area contributed by atoms with Gasteiger partial charge in [-0.15, -0.1) is 0 Å². The Morgan fingerprint density at radius 2 is 2.04 bits per heavy atom. The normalized spacial score (nSPS) is 11.2. The lowest BCUT2D eigenvalue weighted by atomic mass is 10.2. The molecule has 0 bridgehead atoms. The predicted molar refractivity (Wildman–Crippen MR) is 89.0 cm³/mol. The molecule has 0 saturated heterocycles. The Morgan fingerprint density at radius 3 is 2.74 bits per heavy atom. The van der Waals surface area contributed by atoms with Crippen LogP contribution in [0.2, 0.25) is 10.0 Å². The van der Waals surface area contributed by atoms with Crippen LogP contribution in [0.3, 0.4) is 0 Å². The molecule has 1 aromatic heterocycles. The van der Waals surface area contributed by atoms with Gasteiger partial charge < -0.3 is 9.73 Å². The first-order chi connectivity index (χ1) is 11.0. The van der Waals surface area contributed by atoms with Gasteiger partial charge in [-0.3, -0.25) is 9.59 Å². The highest BCUT2D eigenvalue weighted by molar-refractivity contribution is 6.35. The number of halogens is 2. The molecule has 1 heterocycles. The predicted octanol–water partition coefficient (Wildman–Crippen LogP) is 3.72.